The van der Waals surface area contributed by atoms with Gasteiger partial charge in [-0.2, -0.15) is 5.26 Å². The van der Waals surface area contributed by atoms with E-state index < -0.39 is 10.0 Å². The van der Waals surface area contributed by atoms with Gasteiger partial charge < -0.3 is 0 Å². The molecule has 92 valence electrons. The molecule has 1 N–H and O–H groups in total. The molecule has 0 unspecified atom stereocenters. The maximum atomic E-state index is 11.7. The molecule has 0 heterocycles. The molecule has 0 atom stereocenters. The summed E-state index contributed by atoms with van der Waals surface area (Å²) in [6.07, 6.45) is 1.42. The Balaban J connectivity index is 2.92. The van der Waals surface area contributed by atoms with E-state index in [1.54, 1.807) is 18.2 Å². The monoisotopic (exact) mass is 316 g/mol. The van der Waals surface area contributed by atoms with Gasteiger partial charge in [0.1, 0.15) is 6.07 Å². The van der Waals surface area contributed by atoms with E-state index in [0.717, 1.165) is 10.9 Å². The molecule has 0 amide bonds. The number of hydrogen-bond acceptors (Lipinski definition) is 3. The predicted molar refractivity (Wildman–Crippen MR) is 71.2 cm³/mol. The van der Waals surface area contributed by atoms with Gasteiger partial charge in [0, 0.05) is 4.47 Å². The molecule has 6 heteroatoms. The van der Waals surface area contributed by atoms with Crippen LogP contribution in [-0.4, -0.2) is 14.2 Å². The highest BCUT2D eigenvalue weighted by molar-refractivity contribution is 9.10. The van der Waals surface area contributed by atoms with Crippen molar-refractivity contribution in [3.05, 3.63) is 28.2 Å². The molecule has 1 aromatic rings. The quantitative estimate of drug-likeness (QED) is 0.908. The largest absolute Gasteiger partial charge is 0.282 e. The van der Waals surface area contributed by atoms with Crippen molar-refractivity contribution in [2.75, 3.05) is 10.5 Å². The molecule has 0 fully saturated rings. The molecule has 0 bridgehead atoms. The van der Waals surface area contributed by atoms with Gasteiger partial charge in [0.2, 0.25) is 10.0 Å². The lowest BCUT2D eigenvalue weighted by Gasteiger charge is -2.09. The molecule has 0 aliphatic rings. The lowest BCUT2D eigenvalue weighted by atomic mass is 10.2. The summed E-state index contributed by atoms with van der Waals surface area (Å²) in [6.45, 7) is 1.93. The summed E-state index contributed by atoms with van der Waals surface area (Å²) in [6, 6.07) is 6.81. The fourth-order valence-corrected chi connectivity index (χ4v) is 2.90. The summed E-state index contributed by atoms with van der Waals surface area (Å²) < 4.78 is 26.5. The third-order valence-corrected chi connectivity index (χ3v) is 3.98. The number of benzene rings is 1. The number of nitriles is 1. The predicted octanol–water partition coefficient (Wildman–Crippen LogP) is 2.86. The van der Waals surface area contributed by atoms with Crippen molar-refractivity contribution in [3.63, 3.8) is 0 Å². The third-order valence-electron chi connectivity index (χ3n) is 2.13. The zero-order valence-corrected chi connectivity index (χ0v) is 11.8. The second kappa shape index (κ2) is 6.03. The van der Waals surface area contributed by atoms with E-state index in [2.05, 4.69) is 20.7 Å². The Hall–Kier alpha value is -1.06. The SMILES string of the molecule is CCCCS(=O)(=O)Nc1ccc(Br)cc1C#N. The van der Waals surface area contributed by atoms with Crippen LogP contribution in [-0.2, 0) is 10.0 Å². The fourth-order valence-electron chi connectivity index (χ4n) is 1.25. The number of nitrogens with one attached hydrogen (secondary N) is 1. The summed E-state index contributed by atoms with van der Waals surface area (Å²) >= 11 is 3.23. The van der Waals surface area contributed by atoms with Crippen molar-refractivity contribution in [3.8, 4) is 6.07 Å². The van der Waals surface area contributed by atoms with Crippen molar-refractivity contribution >= 4 is 31.6 Å². The maximum absolute atomic E-state index is 11.7. The Morgan fingerprint density at radius 2 is 2.18 bits per heavy atom. The third kappa shape index (κ3) is 4.36. The second-order valence-electron chi connectivity index (χ2n) is 3.58. The van der Waals surface area contributed by atoms with Gasteiger partial charge in [-0.15, -0.1) is 0 Å². The van der Waals surface area contributed by atoms with Crippen molar-refractivity contribution < 1.29 is 8.42 Å². The highest BCUT2D eigenvalue weighted by atomic mass is 79.9. The first-order valence-corrected chi connectivity index (χ1v) is 7.63. The number of nitrogens with zero attached hydrogens (tertiary/aromatic N) is 1. The topological polar surface area (TPSA) is 70.0 Å². The minimum Gasteiger partial charge on any atom is -0.282 e. The summed E-state index contributed by atoms with van der Waals surface area (Å²) in [5.74, 6) is 0.0738. The van der Waals surface area contributed by atoms with Gasteiger partial charge in [-0.3, -0.25) is 4.72 Å². The molecular weight excluding hydrogens is 304 g/mol. The smallest absolute Gasteiger partial charge is 0.232 e. The number of anilines is 1. The van der Waals surface area contributed by atoms with Crippen LogP contribution in [0.25, 0.3) is 0 Å². The molecule has 0 radical (unpaired) electrons. The molecule has 1 rings (SSSR count). The average Bonchev–Trinajstić information content (AvgIpc) is 2.28. The number of unbranched alkanes of at least 4 members (excludes halogenated alkanes) is 1. The van der Waals surface area contributed by atoms with Crippen LogP contribution in [0.1, 0.15) is 25.3 Å². The van der Waals surface area contributed by atoms with Crippen molar-refractivity contribution in [1.29, 1.82) is 5.26 Å². The molecule has 0 aromatic heterocycles. The minimum atomic E-state index is -3.36. The summed E-state index contributed by atoms with van der Waals surface area (Å²) in [7, 11) is -3.36. The van der Waals surface area contributed by atoms with E-state index in [9.17, 15) is 8.42 Å². The van der Waals surface area contributed by atoms with Crippen LogP contribution < -0.4 is 4.72 Å². The highest BCUT2D eigenvalue weighted by Gasteiger charge is 2.12. The average molecular weight is 317 g/mol. The molecule has 4 nitrogen and oxygen atoms in total. The lowest BCUT2D eigenvalue weighted by Crippen LogP contribution is -2.17. The van der Waals surface area contributed by atoms with Crippen molar-refractivity contribution in [2.24, 2.45) is 0 Å². The Morgan fingerprint density at radius 3 is 2.76 bits per heavy atom. The second-order valence-corrected chi connectivity index (χ2v) is 6.33. The molecule has 0 spiro atoms. The molecule has 0 saturated heterocycles. The highest BCUT2D eigenvalue weighted by Crippen LogP contribution is 2.21. The number of sulfonamides is 1. The molecule has 1 aromatic carbocycles. The fraction of sp³-hybridized carbons (Fsp3) is 0.364. The van der Waals surface area contributed by atoms with Crippen LogP contribution in [0.4, 0.5) is 5.69 Å². The van der Waals surface area contributed by atoms with Crippen LogP contribution in [0.2, 0.25) is 0 Å². The zero-order valence-electron chi connectivity index (χ0n) is 9.40. The first kappa shape index (κ1) is 14.0. The van der Waals surface area contributed by atoms with Crippen molar-refractivity contribution in [1.82, 2.24) is 0 Å². The molecule has 0 aliphatic heterocycles. The molecular formula is C11H13BrN2O2S. The molecule has 17 heavy (non-hydrogen) atoms. The van der Waals surface area contributed by atoms with Gasteiger partial charge >= 0.3 is 0 Å². The van der Waals surface area contributed by atoms with Gasteiger partial charge in [-0.05, 0) is 24.6 Å². The number of halogens is 1. The van der Waals surface area contributed by atoms with Crippen LogP contribution >= 0.6 is 15.9 Å². The Kier molecular flexibility index (Phi) is 4.97. The summed E-state index contributed by atoms with van der Waals surface area (Å²) in [5.41, 5.74) is 0.631. The zero-order chi connectivity index (χ0) is 12.9. The standard InChI is InChI=1S/C11H13BrN2O2S/c1-2-3-6-17(15,16)14-11-5-4-10(12)7-9(11)8-13/h4-5,7,14H,2-3,6H2,1H3. The van der Waals surface area contributed by atoms with Crippen LogP contribution in [0.3, 0.4) is 0 Å². The van der Waals surface area contributed by atoms with E-state index in [0.29, 0.717) is 17.7 Å². The Labute approximate surface area is 110 Å². The van der Waals surface area contributed by atoms with Gasteiger partial charge in [-0.1, -0.05) is 29.3 Å². The first-order chi connectivity index (χ1) is 7.98. The lowest BCUT2D eigenvalue weighted by molar-refractivity contribution is 0.598. The summed E-state index contributed by atoms with van der Waals surface area (Å²) in [4.78, 5) is 0. The van der Waals surface area contributed by atoms with Crippen LogP contribution in [0, 0.1) is 11.3 Å². The number of rotatable bonds is 5. The summed E-state index contributed by atoms with van der Waals surface area (Å²) in [5, 5.41) is 8.91. The van der Waals surface area contributed by atoms with Gasteiger partial charge in [-0.25, -0.2) is 8.42 Å². The van der Waals surface area contributed by atoms with Crippen LogP contribution in [0.15, 0.2) is 22.7 Å². The van der Waals surface area contributed by atoms with E-state index in [-0.39, 0.29) is 5.75 Å². The van der Waals surface area contributed by atoms with Gasteiger partial charge in [0.05, 0.1) is 17.0 Å². The first-order valence-electron chi connectivity index (χ1n) is 5.18. The minimum absolute atomic E-state index is 0.0738. The van der Waals surface area contributed by atoms with E-state index in [1.165, 1.54) is 0 Å². The van der Waals surface area contributed by atoms with E-state index in [1.807, 2.05) is 13.0 Å². The van der Waals surface area contributed by atoms with Crippen LogP contribution in [0.5, 0.6) is 0 Å². The maximum Gasteiger partial charge on any atom is 0.232 e. The van der Waals surface area contributed by atoms with E-state index >= 15 is 0 Å². The van der Waals surface area contributed by atoms with Gasteiger partial charge in [0.15, 0.2) is 0 Å². The molecule has 0 saturated carbocycles. The van der Waals surface area contributed by atoms with E-state index in [4.69, 9.17) is 5.26 Å². The Bertz CT molecular complexity index is 535. The normalized spacial score (nSPS) is 10.9. The molecule has 0 aliphatic carbocycles. The Morgan fingerprint density at radius 1 is 1.47 bits per heavy atom. The number of hydrogen-bond donors (Lipinski definition) is 1. The van der Waals surface area contributed by atoms with Gasteiger partial charge in [0.25, 0.3) is 0 Å². The van der Waals surface area contributed by atoms with Crippen molar-refractivity contribution in [2.45, 2.75) is 19.8 Å².